The van der Waals surface area contributed by atoms with Gasteiger partial charge >= 0.3 is 11.9 Å². The summed E-state index contributed by atoms with van der Waals surface area (Å²) in [4.78, 5) is 59.1. The molecule has 34 heavy (non-hydrogen) atoms. The predicted octanol–water partition coefficient (Wildman–Crippen LogP) is 0.807. The summed E-state index contributed by atoms with van der Waals surface area (Å²) < 4.78 is 9.63. The van der Waals surface area contributed by atoms with Crippen molar-refractivity contribution >= 4 is 40.9 Å². The molecule has 4 heterocycles. The van der Waals surface area contributed by atoms with E-state index in [2.05, 4.69) is 15.3 Å². The van der Waals surface area contributed by atoms with Crippen LogP contribution in [0.2, 0.25) is 0 Å². The van der Waals surface area contributed by atoms with Crippen molar-refractivity contribution < 1.29 is 23.9 Å². The zero-order chi connectivity index (χ0) is 24.4. The number of aromatic amines is 1. The SMILES string of the molecule is COC(=O)[C@H]1C[C@H](C(=O)OC)N(C(=O)c2ccc(CCC3CNc4nc(N)[nH]c(=O)c4C3)s2)C1. The van der Waals surface area contributed by atoms with Crippen molar-refractivity contribution in [3.8, 4) is 0 Å². The first-order valence-corrected chi connectivity index (χ1v) is 11.8. The van der Waals surface area contributed by atoms with Crippen LogP contribution in [0.15, 0.2) is 16.9 Å². The highest BCUT2D eigenvalue weighted by molar-refractivity contribution is 7.14. The van der Waals surface area contributed by atoms with Gasteiger partial charge in [-0.1, -0.05) is 0 Å². The molecule has 0 aromatic carbocycles. The lowest BCUT2D eigenvalue weighted by molar-refractivity contribution is -0.145. The lowest BCUT2D eigenvalue weighted by Crippen LogP contribution is -2.40. The van der Waals surface area contributed by atoms with E-state index in [0.29, 0.717) is 29.2 Å². The number of methoxy groups -OCH3 is 2. The summed E-state index contributed by atoms with van der Waals surface area (Å²) >= 11 is 1.37. The van der Waals surface area contributed by atoms with Gasteiger partial charge in [0.1, 0.15) is 11.9 Å². The Morgan fingerprint density at radius 3 is 2.74 bits per heavy atom. The Kier molecular flexibility index (Phi) is 6.87. The number of aryl methyl sites for hydroxylation is 1. The third-order valence-electron chi connectivity index (χ3n) is 6.33. The first-order valence-electron chi connectivity index (χ1n) is 11.0. The van der Waals surface area contributed by atoms with Crippen molar-refractivity contribution in [2.24, 2.45) is 11.8 Å². The van der Waals surface area contributed by atoms with Gasteiger partial charge < -0.3 is 25.4 Å². The number of hydrogen-bond donors (Lipinski definition) is 3. The van der Waals surface area contributed by atoms with E-state index in [4.69, 9.17) is 15.2 Å². The van der Waals surface area contributed by atoms with E-state index in [0.717, 1.165) is 17.7 Å². The second-order valence-corrected chi connectivity index (χ2v) is 9.65. The topological polar surface area (TPSA) is 157 Å². The fourth-order valence-electron chi connectivity index (χ4n) is 4.53. The number of fused-ring (bicyclic) bond motifs is 1. The number of nitrogens with zero attached hydrogens (tertiary/aromatic N) is 2. The van der Waals surface area contributed by atoms with Gasteiger partial charge in [-0.15, -0.1) is 11.3 Å². The molecular formula is C22H27N5O6S. The number of likely N-dealkylation sites (tertiary alicyclic amines) is 1. The Hall–Kier alpha value is -3.41. The molecule has 1 saturated heterocycles. The van der Waals surface area contributed by atoms with Gasteiger partial charge in [0.15, 0.2) is 0 Å². The van der Waals surface area contributed by atoms with E-state index in [1.165, 1.54) is 30.5 Å². The summed E-state index contributed by atoms with van der Waals surface area (Å²) in [6.07, 6.45) is 2.35. The summed E-state index contributed by atoms with van der Waals surface area (Å²) in [6, 6.07) is 2.83. The van der Waals surface area contributed by atoms with E-state index < -0.39 is 23.9 Å². The maximum absolute atomic E-state index is 13.2. The van der Waals surface area contributed by atoms with Crippen molar-refractivity contribution in [1.82, 2.24) is 14.9 Å². The number of anilines is 2. The van der Waals surface area contributed by atoms with Crippen LogP contribution >= 0.6 is 11.3 Å². The van der Waals surface area contributed by atoms with E-state index in [1.807, 2.05) is 6.07 Å². The van der Waals surface area contributed by atoms with Crippen LogP contribution in [-0.4, -0.2) is 66.1 Å². The average Bonchev–Trinajstić information content (AvgIpc) is 3.49. The van der Waals surface area contributed by atoms with Crippen LogP contribution in [0.5, 0.6) is 0 Å². The molecule has 0 aliphatic carbocycles. The number of rotatable bonds is 6. The summed E-state index contributed by atoms with van der Waals surface area (Å²) in [5, 5.41) is 3.18. The molecule has 2 aliphatic rings. The predicted molar refractivity (Wildman–Crippen MR) is 125 cm³/mol. The lowest BCUT2D eigenvalue weighted by atomic mass is 9.92. The maximum Gasteiger partial charge on any atom is 0.328 e. The highest BCUT2D eigenvalue weighted by Crippen LogP contribution is 2.30. The summed E-state index contributed by atoms with van der Waals surface area (Å²) in [7, 11) is 2.55. The van der Waals surface area contributed by atoms with E-state index >= 15 is 0 Å². The molecular weight excluding hydrogens is 462 g/mol. The molecule has 1 unspecified atom stereocenters. The second-order valence-electron chi connectivity index (χ2n) is 8.49. The molecule has 2 aromatic rings. The number of aromatic nitrogens is 2. The molecule has 11 nitrogen and oxygen atoms in total. The van der Waals surface area contributed by atoms with Crippen molar-refractivity contribution in [3.05, 3.63) is 37.8 Å². The number of hydrogen-bond acceptors (Lipinski definition) is 10. The molecule has 0 bridgehead atoms. The quantitative estimate of drug-likeness (QED) is 0.500. The third-order valence-corrected chi connectivity index (χ3v) is 7.46. The zero-order valence-electron chi connectivity index (χ0n) is 19.0. The molecule has 0 saturated carbocycles. The molecule has 2 aromatic heterocycles. The minimum atomic E-state index is -0.818. The first kappa shape index (κ1) is 23.7. The number of nitrogens with one attached hydrogen (secondary N) is 2. The zero-order valence-corrected chi connectivity index (χ0v) is 19.8. The monoisotopic (exact) mass is 489 g/mol. The normalized spacial score (nSPS) is 21.5. The molecule has 0 radical (unpaired) electrons. The van der Waals surface area contributed by atoms with E-state index in [-0.39, 0.29) is 36.3 Å². The summed E-state index contributed by atoms with van der Waals surface area (Å²) in [6.45, 7) is 0.794. The molecule has 3 atom stereocenters. The Balaban J connectivity index is 1.40. The molecule has 4 N–H and O–H groups in total. The molecule has 1 amide bonds. The first-order chi connectivity index (χ1) is 16.3. The molecule has 12 heteroatoms. The van der Waals surface area contributed by atoms with Crippen LogP contribution in [0.4, 0.5) is 11.8 Å². The Bertz CT molecular complexity index is 1160. The fraction of sp³-hybridized carbons (Fsp3) is 0.500. The number of amides is 1. The second kappa shape index (κ2) is 9.84. The highest BCUT2D eigenvalue weighted by atomic mass is 32.1. The Morgan fingerprint density at radius 2 is 2.00 bits per heavy atom. The van der Waals surface area contributed by atoms with Gasteiger partial charge in [0.25, 0.3) is 11.5 Å². The van der Waals surface area contributed by atoms with Gasteiger partial charge in [-0.05, 0) is 43.7 Å². The number of H-pyrrole nitrogens is 1. The number of thiophene rings is 1. The standard InChI is InChI=1S/C22H27N5O6S/c1-32-20(30)12-8-15(21(31)33-2)27(10-12)19(29)16-6-5-13(34-16)4-3-11-7-14-17(24-9-11)25-22(23)26-18(14)28/h5-6,11-12,15H,3-4,7-10H2,1-2H3,(H4,23,24,25,26,28)/t11?,12-,15+/m0/s1. The molecule has 1 fully saturated rings. The number of nitrogens with two attached hydrogens (primary N) is 1. The Labute approximate surface area is 199 Å². The van der Waals surface area contributed by atoms with Crippen LogP contribution in [0.1, 0.15) is 33.0 Å². The van der Waals surface area contributed by atoms with E-state index in [1.54, 1.807) is 6.07 Å². The van der Waals surface area contributed by atoms with Gasteiger partial charge in [0, 0.05) is 18.0 Å². The van der Waals surface area contributed by atoms with E-state index in [9.17, 15) is 19.2 Å². The van der Waals surface area contributed by atoms with Crippen LogP contribution < -0.4 is 16.6 Å². The minimum absolute atomic E-state index is 0.0934. The number of ether oxygens (including phenoxy) is 2. The summed E-state index contributed by atoms with van der Waals surface area (Å²) in [5.74, 6) is -0.992. The van der Waals surface area contributed by atoms with Gasteiger partial charge in [-0.3, -0.25) is 19.4 Å². The third kappa shape index (κ3) is 4.76. The van der Waals surface area contributed by atoms with Crippen LogP contribution in [0, 0.1) is 11.8 Å². The average molecular weight is 490 g/mol. The number of esters is 2. The maximum atomic E-state index is 13.2. The van der Waals surface area contributed by atoms with Crippen molar-refractivity contribution in [2.75, 3.05) is 38.4 Å². The van der Waals surface area contributed by atoms with Crippen molar-refractivity contribution in [3.63, 3.8) is 0 Å². The largest absolute Gasteiger partial charge is 0.469 e. The lowest BCUT2D eigenvalue weighted by Gasteiger charge is -2.24. The minimum Gasteiger partial charge on any atom is -0.469 e. The fourth-order valence-corrected chi connectivity index (χ4v) is 5.51. The summed E-state index contributed by atoms with van der Waals surface area (Å²) in [5.41, 5.74) is 5.99. The van der Waals surface area contributed by atoms with Gasteiger partial charge in [-0.25, -0.2) is 4.79 Å². The van der Waals surface area contributed by atoms with Crippen molar-refractivity contribution in [2.45, 2.75) is 31.7 Å². The molecule has 0 spiro atoms. The molecule has 2 aliphatic heterocycles. The van der Waals surface area contributed by atoms with Crippen LogP contribution in [0.3, 0.4) is 0 Å². The van der Waals surface area contributed by atoms with Crippen LogP contribution in [0.25, 0.3) is 0 Å². The molecule has 182 valence electrons. The highest BCUT2D eigenvalue weighted by Gasteiger charge is 2.44. The van der Waals surface area contributed by atoms with Crippen LogP contribution in [-0.2, 0) is 31.9 Å². The molecule has 4 rings (SSSR count). The Morgan fingerprint density at radius 1 is 1.24 bits per heavy atom. The smallest absolute Gasteiger partial charge is 0.328 e. The van der Waals surface area contributed by atoms with Gasteiger partial charge in [-0.2, -0.15) is 4.98 Å². The van der Waals surface area contributed by atoms with Gasteiger partial charge in [0.05, 0.1) is 30.6 Å². The number of carbonyl (C=O) groups is 3. The number of carbonyl (C=O) groups excluding carboxylic acids is 3. The van der Waals surface area contributed by atoms with Crippen molar-refractivity contribution in [1.29, 1.82) is 0 Å². The van der Waals surface area contributed by atoms with Gasteiger partial charge in [0.2, 0.25) is 5.95 Å². The number of nitrogen functional groups attached to an aromatic ring is 1.